The quantitative estimate of drug-likeness (QED) is 0.755. The second-order valence-corrected chi connectivity index (χ2v) is 3.83. The third-order valence-corrected chi connectivity index (χ3v) is 2.41. The van der Waals surface area contributed by atoms with Gasteiger partial charge in [0.25, 0.3) is 0 Å². The largest absolute Gasteiger partial charge is 0.465 e. The number of hydrogen-bond donors (Lipinski definition) is 2. The Morgan fingerprint density at radius 2 is 2.33 bits per heavy atom. The molecule has 0 aliphatic rings. The molecule has 0 aliphatic carbocycles. The molecule has 5 heteroatoms. The van der Waals surface area contributed by atoms with Crippen molar-refractivity contribution >= 4 is 23.1 Å². The van der Waals surface area contributed by atoms with Gasteiger partial charge in [0.15, 0.2) is 0 Å². The van der Waals surface area contributed by atoms with Gasteiger partial charge in [0.1, 0.15) is 11.5 Å². The van der Waals surface area contributed by atoms with Gasteiger partial charge < -0.3 is 15.5 Å². The van der Waals surface area contributed by atoms with Gasteiger partial charge in [-0.15, -0.1) is 0 Å². The van der Waals surface area contributed by atoms with Gasteiger partial charge in [-0.2, -0.15) is 0 Å². The highest BCUT2D eigenvalue weighted by Gasteiger charge is 2.15. The summed E-state index contributed by atoms with van der Waals surface area (Å²) < 4.78 is 5.30. The number of furan rings is 1. The lowest BCUT2D eigenvalue weighted by Gasteiger charge is -2.09. The molecule has 1 amide bonds. The average molecular weight is 226 g/mol. The Morgan fingerprint density at radius 3 is 2.80 bits per heavy atom. The molecule has 0 aliphatic heterocycles. The van der Waals surface area contributed by atoms with Gasteiger partial charge in [-0.1, -0.05) is 12.2 Å². The Kier molecular flexibility index (Phi) is 3.85. The Hall–Kier alpha value is -1.36. The molecule has 0 aromatic carbocycles. The van der Waals surface area contributed by atoms with Crippen LogP contribution in [-0.2, 0) is 11.3 Å². The summed E-state index contributed by atoms with van der Waals surface area (Å²) in [5.41, 5.74) is 5.36. The fourth-order valence-corrected chi connectivity index (χ4v) is 1.14. The number of rotatable bonds is 4. The summed E-state index contributed by atoms with van der Waals surface area (Å²) in [6.07, 6.45) is 0. The van der Waals surface area contributed by atoms with Crippen LogP contribution in [0, 0.1) is 12.8 Å². The molecule has 1 unspecified atom stereocenters. The van der Waals surface area contributed by atoms with Crippen molar-refractivity contribution in [2.75, 3.05) is 0 Å². The number of hydrogen-bond acceptors (Lipinski definition) is 3. The molecular formula is C10H14N2O2S. The maximum absolute atomic E-state index is 11.4. The van der Waals surface area contributed by atoms with Crippen LogP contribution >= 0.6 is 12.2 Å². The first-order valence-corrected chi connectivity index (χ1v) is 5.04. The molecule has 1 rings (SSSR count). The lowest BCUT2D eigenvalue weighted by Crippen LogP contribution is -2.35. The van der Waals surface area contributed by atoms with Crippen molar-refractivity contribution in [1.29, 1.82) is 0 Å². The van der Waals surface area contributed by atoms with Gasteiger partial charge in [-0.3, -0.25) is 4.79 Å². The van der Waals surface area contributed by atoms with Crippen LogP contribution in [0.15, 0.2) is 16.5 Å². The van der Waals surface area contributed by atoms with E-state index in [1.54, 1.807) is 6.92 Å². The monoisotopic (exact) mass is 226 g/mol. The number of carbonyl (C=O) groups is 1. The molecule has 1 aromatic heterocycles. The van der Waals surface area contributed by atoms with E-state index in [0.717, 1.165) is 11.5 Å². The fraction of sp³-hybridized carbons (Fsp3) is 0.400. The maximum atomic E-state index is 11.4. The van der Waals surface area contributed by atoms with Crippen molar-refractivity contribution in [3.05, 3.63) is 23.7 Å². The van der Waals surface area contributed by atoms with E-state index in [1.807, 2.05) is 19.1 Å². The number of thiocarbonyl (C=S) groups is 1. The number of nitrogens with two attached hydrogens (primary N) is 1. The van der Waals surface area contributed by atoms with Gasteiger partial charge in [0.05, 0.1) is 17.5 Å². The number of carbonyl (C=O) groups excluding carboxylic acids is 1. The van der Waals surface area contributed by atoms with Crippen molar-refractivity contribution in [2.45, 2.75) is 20.4 Å². The number of nitrogens with one attached hydrogen (secondary N) is 1. The van der Waals surface area contributed by atoms with E-state index < -0.39 is 5.92 Å². The van der Waals surface area contributed by atoms with Crippen molar-refractivity contribution in [3.63, 3.8) is 0 Å². The Morgan fingerprint density at radius 1 is 1.67 bits per heavy atom. The first-order valence-electron chi connectivity index (χ1n) is 4.63. The topological polar surface area (TPSA) is 68.3 Å². The number of amides is 1. The van der Waals surface area contributed by atoms with Crippen molar-refractivity contribution in [3.8, 4) is 0 Å². The van der Waals surface area contributed by atoms with Crippen LogP contribution < -0.4 is 11.1 Å². The van der Waals surface area contributed by atoms with Crippen molar-refractivity contribution < 1.29 is 9.21 Å². The van der Waals surface area contributed by atoms with Crippen LogP contribution in [0.1, 0.15) is 18.4 Å². The van der Waals surface area contributed by atoms with E-state index >= 15 is 0 Å². The molecule has 0 radical (unpaired) electrons. The van der Waals surface area contributed by atoms with Gasteiger partial charge in [0.2, 0.25) is 5.91 Å². The minimum Gasteiger partial charge on any atom is -0.465 e. The first-order chi connectivity index (χ1) is 7.00. The molecule has 4 nitrogen and oxygen atoms in total. The molecule has 15 heavy (non-hydrogen) atoms. The van der Waals surface area contributed by atoms with Gasteiger partial charge >= 0.3 is 0 Å². The highest BCUT2D eigenvalue weighted by atomic mass is 32.1. The Bertz CT molecular complexity index is 373. The summed E-state index contributed by atoms with van der Waals surface area (Å²) in [4.78, 5) is 11.6. The molecule has 0 fully saturated rings. The Labute approximate surface area is 93.8 Å². The van der Waals surface area contributed by atoms with E-state index in [-0.39, 0.29) is 10.9 Å². The van der Waals surface area contributed by atoms with Gasteiger partial charge in [-0.05, 0) is 26.0 Å². The zero-order chi connectivity index (χ0) is 11.4. The lowest BCUT2D eigenvalue weighted by molar-refractivity contribution is -0.122. The molecule has 0 bridgehead atoms. The normalized spacial score (nSPS) is 12.1. The summed E-state index contributed by atoms with van der Waals surface area (Å²) >= 11 is 4.72. The maximum Gasteiger partial charge on any atom is 0.230 e. The standard InChI is InChI=1S/C10H14N2O2S/c1-6-3-4-8(14-6)5-12-10(13)7(2)9(11)15/h3-4,7H,5H2,1-2H3,(H2,11,15)(H,12,13). The van der Waals surface area contributed by atoms with Crippen LogP contribution in [0.3, 0.4) is 0 Å². The van der Waals surface area contributed by atoms with E-state index in [1.165, 1.54) is 0 Å². The van der Waals surface area contributed by atoms with Crippen LogP contribution in [-0.4, -0.2) is 10.9 Å². The molecule has 0 saturated carbocycles. The third-order valence-electron chi connectivity index (χ3n) is 2.05. The van der Waals surface area contributed by atoms with E-state index in [9.17, 15) is 4.79 Å². The zero-order valence-corrected chi connectivity index (χ0v) is 9.56. The summed E-state index contributed by atoms with van der Waals surface area (Å²) in [6.45, 7) is 3.88. The molecule has 0 spiro atoms. The smallest absolute Gasteiger partial charge is 0.230 e. The molecule has 3 N–H and O–H groups in total. The molecule has 1 atom stereocenters. The van der Waals surface area contributed by atoms with E-state index in [0.29, 0.717) is 6.54 Å². The van der Waals surface area contributed by atoms with E-state index in [2.05, 4.69) is 5.32 Å². The summed E-state index contributed by atoms with van der Waals surface area (Å²) in [5.74, 6) is 0.908. The van der Waals surface area contributed by atoms with Crippen LogP contribution in [0.4, 0.5) is 0 Å². The lowest BCUT2D eigenvalue weighted by atomic mass is 10.1. The molecule has 1 aromatic rings. The molecule has 0 saturated heterocycles. The van der Waals surface area contributed by atoms with Gasteiger partial charge in [-0.25, -0.2) is 0 Å². The fourth-order valence-electron chi connectivity index (χ4n) is 1.04. The van der Waals surface area contributed by atoms with Crippen molar-refractivity contribution in [2.24, 2.45) is 11.7 Å². The van der Waals surface area contributed by atoms with Crippen molar-refractivity contribution in [1.82, 2.24) is 5.32 Å². The molecule has 82 valence electrons. The predicted octanol–water partition coefficient (Wildman–Crippen LogP) is 1.13. The van der Waals surface area contributed by atoms with Crippen LogP contribution in [0.2, 0.25) is 0 Å². The first kappa shape index (κ1) is 11.7. The second-order valence-electron chi connectivity index (χ2n) is 3.35. The SMILES string of the molecule is Cc1ccc(CNC(=O)C(C)C(N)=S)o1. The summed E-state index contributed by atoms with van der Waals surface area (Å²) in [7, 11) is 0. The van der Waals surface area contributed by atoms with Crippen LogP contribution in [0.25, 0.3) is 0 Å². The molecular weight excluding hydrogens is 212 g/mol. The van der Waals surface area contributed by atoms with Crippen LogP contribution in [0.5, 0.6) is 0 Å². The minimum absolute atomic E-state index is 0.184. The Balaban J connectivity index is 2.44. The second kappa shape index (κ2) is 4.93. The minimum atomic E-state index is -0.448. The number of aryl methyl sites for hydroxylation is 1. The highest BCUT2D eigenvalue weighted by Crippen LogP contribution is 2.06. The highest BCUT2D eigenvalue weighted by molar-refractivity contribution is 7.80. The predicted molar refractivity (Wildman–Crippen MR) is 61.2 cm³/mol. The van der Waals surface area contributed by atoms with Gasteiger partial charge in [0, 0.05) is 0 Å². The zero-order valence-electron chi connectivity index (χ0n) is 8.74. The summed E-state index contributed by atoms with van der Waals surface area (Å²) in [6, 6.07) is 3.67. The van der Waals surface area contributed by atoms with E-state index in [4.69, 9.17) is 22.4 Å². The average Bonchev–Trinajstić information content (AvgIpc) is 2.59. The molecule has 1 heterocycles. The summed E-state index contributed by atoms with van der Waals surface area (Å²) in [5, 5.41) is 2.69. The third kappa shape index (κ3) is 3.36.